The van der Waals surface area contributed by atoms with Crippen molar-refractivity contribution in [3.05, 3.63) is 0 Å². The average Bonchev–Trinajstić information content (AvgIpc) is 2.25. The number of carbonyl (C=O) groups is 1. The van der Waals surface area contributed by atoms with Crippen molar-refractivity contribution < 1.29 is 9.53 Å². The monoisotopic (exact) mass is 217 g/mol. The molecule has 0 radical (unpaired) electrons. The van der Waals surface area contributed by atoms with Gasteiger partial charge in [-0.1, -0.05) is 0 Å². The normalized spacial score (nSPS) is 12.5. The molecule has 0 saturated heterocycles. The highest BCUT2D eigenvalue weighted by Gasteiger charge is 2.07. The summed E-state index contributed by atoms with van der Waals surface area (Å²) in [6.07, 6.45) is 2.46. The Labute approximate surface area is 91.7 Å². The van der Waals surface area contributed by atoms with E-state index in [9.17, 15) is 4.79 Å². The SMILES string of the molecule is CNC(=O)CCNC(CCCN)COC. The molecule has 0 heterocycles. The molecule has 4 N–H and O–H groups in total. The molecule has 5 nitrogen and oxygen atoms in total. The second kappa shape index (κ2) is 9.89. The first-order chi connectivity index (χ1) is 7.24. The number of hydrogen-bond donors (Lipinski definition) is 3. The largest absolute Gasteiger partial charge is 0.383 e. The van der Waals surface area contributed by atoms with Crippen LogP contribution in [0.3, 0.4) is 0 Å². The van der Waals surface area contributed by atoms with Gasteiger partial charge in [0.25, 0.3) is 0 Å². The Morgan fingerprint density at radius 2 is 2.27 bits per heavy atom. The van der Waals surface area contributed by atoms with Crippen LogP contribution >= 0.6 is 0 Å². The molecule has 0 rings (SSSR count). The van der Waals surface area contributed by atoms with E-state index >= 15 is 0 Å². The van der Waals surface area contributed by atoms with Crippen LogP contribution in [-0.4, -0.2) is 45.8 Å². The third-order valence-electron chi connectivity index (χ3n) is 2.19. The molecule has 1 atom stereocenters. The molecule has 0 aromatic heterocycles. The second-order valence-electron chi connectivity index (χ2n) is 3.46. The van der Waals surface area contributed by atoms with Gasteiger partial charge in [-0.3, -0.25) is 4.79 Å². The Morgan fingerprint density at radius 1 is 1.53 bits per heavy atom. The standard InChI is InChI=1S/C10H23N3O2/c1-12-10(14)5-7-13-9(8-15-2)4-3-6-11/h9,13H,3-8,11H2,1-2H3,(H,12,14). The zero-order valence-corrected chi connectivity index (χ0v) is 9.71. The molecule has 1 amide bonds. The predicted molar refractivity (Wildman–Crippen MR) is 60.6 cm³/mol. The van der Waals surface area contributed by atoms with Crippen LogP contribution in [0.4, 0.5) is 0 Å². The number of nitrogens with one attached hydrogen (secondary N) is 2. The summed E-state index contributed by atoms with van der Waals surface area (Å²) in [5, 5.41) is 5.86. The third-order valence-corrected chi connectivity index (χ3v) is 2.19. The summed E-state index contributed by atoms with van der Waals surface area (Å²) in [5.41, 5.74) is 5.44. The van der Waals surface area contributed by atoms with Gasteiger partial charge in [0.05, 0.1) is 6.61 Å². The Morgan fingerprint density at radius 3 is 2.80 bits per heavy atom. The molecule has 90 valence electrons. The molecular formula is C10H23N3O2. The van der Waals surface area contributed by atoms with Gasteiger partial charge in [-0.05, 0) is 19.4 Å². The Balaban J connectivity index is 3.60. The van der Waals surface area contributed by atoms with Gasteiger partial charge in [-0.25, -0.2) is 0 Å². The topological polar surface area (TPSA) is 76.4 Å². The van der Waals surface area contributed by atoms with Crippen molar-refractivity contribution in [1.29, 1.82) is 0 Å². The molecular weight excluding hydrogens is 194 g/mol. The highest BCUT2D eigenvalue weighted by atomic mass is 16.5. The summed E-state index contributed by atoms with van der Waals surface area (Å²) < 4.78 is 5.08. The molecule has 0 spiro atoms. The number of carbonyl (C=O) groups excluding carboxylic acids is 1. The van der Waals surface area contributed by atoms with E-state index in [1.807, 2.05) is 0 Å². The van der Waals surface area contributed by atoms with Gasteiger partial charge in [0, 0.05) is 33.2 Å². The minimum absolute atomic E-state index is 0.0532. The molecule has 0 aromatic rings. The molecule has 0 aliphatic carbocycles. The Hall–Kier alpha value is -0.650. The fourth-order valence-corrected chi connectivity index (χ4v) is 1.32. The zero-order valence-electron chi connectivity index (χ0n) is 9.71. The smallest absolute Gasteiger partial charge is 0.221 e. The first-order valence-corrected chi connectivity index (χ1v) is 5.37. The molecule has 0 saturated carbocycles. The van der Waals surface area contributed by atoms with Crippen molar-refractivity contribution in [2.75, 3.05) is 33.9 Å². The summed E-state index contributed by atoms with van der Waals surface area (Å²) >= 11 is 0. The van der Waals surface area contributed by atoms with Gasteiger partial charge in [-0.15, -0.1) is 0 Å². The van der Waals surface area contributed by atoms with Crippen molar-refractivity contribution in [3.63, 3.8) is 0 Å². The lowest BCUT2D eigenvalue weighted by molar-refractivity contribution is -0.120. The lowest BCUT2D eigenvalue weighted by atomic mass is 10.1. The van der Waals surface area contributed by atoms with Crippen molar-refractivity contribution in [2.24, 2.45) is 5.73 Å². The van der Waals surface area contributed by atoms with Crippen LogP contribution in [0.2, 0.25) is 0 Å². The van der Waals surface area contributed by atoms with E-state index in [1.165, 1.54) is 0 Å². The molecule has 0 aromatic carbocycles. The maximum Gasteiger partial charge on any atom is 0.221 e. The van der Waals surface area contributed by atoms with Crippen LogP contribution in [0.1, 0.15) is 19.3 Å². The van der Waals surface area contributed by atoms with E-state index in [4.69, 9.17) is 10.5 Å². The van der Waals surface area contributed by atoms with Crippen LogP contribution in [0.5, 0.6) is 0 Å². The van der Waals surface area contributed by atoms with E-state index < -0.39 is 0 Å². The van der Waals surface area contributed by atoms with E-state index in [-0.39, 0.29) is 5.91 Å². The van der Waals surface area contributed by atoms with Gasteiger partial charge in [0.1, 0.15) is 0 Å². The quantitative estimate of drug-likeness (QED) is 0.485. The van der Waals surface area contributed by atoms with Crippen molar-refractivity contribution in [3.8, 4) is 0 Å². The molecule has 1 unspecified atom stereocenters. The summed E-state index contributed by atoms with van der Waals surface area (Å²) in [4.78, 5) is 11.0. The summed E-state index contributed by atoms with van der Waals surface area (Å²) in [7, 11) is 3.32. The summed E-state index contributed by atoms with van der Waals surface area (Å²) in [6.45, 7) is 2.03. The lowest BCUT2D eigenvalue weighted by Crippen LogP contribution is -2.36. The first-order valence-electron chi connectivity index (χ1n) is 5.37. The highest BCUT2D eigenvalue weighted by Crippen LogP contribution is 1.96. The van der Waals surface area contributed by atoms with Gasteiger partial charge in [0.2, 0.25) is 5.91 Å². The first kappa shape index (κ1) is 14.3. The minimum atomic E-state index is 0.0532. The van der Waals surface area contributed by atoms with Crippen LogP contribution < -0.4 is 16.4 Å². The maximum atomic E-state index is 11.0. The van der Waals surface area contributed by atoms with Gasteiger partial charge >= 0.3 is 0 Å². The highest BCUT2D eigenvalue weighted by molar-refractivity contribution is 5.75. The zero-order chi connectivity index (χ0) is 11.5. The maximum absolute atomic E-state index is 11.0. The number of hydrogen-bond acceptors (Lipinski definition) is 4. The van der Waals surface area contributed by atoms with E-state index in [0.29, 0.717) is 32.2 Å². The number of rotatable bonds is 9. The van der Waals surface area contributed by atoms with E-state index in [0.717, 1.165) is 12.8 Å². The van der Waals surface area contributed by atoms with E-state index in [1.54, 1.807) is 14.2 Å². The van der Waals surface area contributed by atoms with Crippen LogP contribution in [-0.2, 0) is 9.53 Å². The van der Waals surface area contributed by atoms with E-state index in [2.05, 4.69) is 10.6 Å². The lowest BCUT2D eigenvalue weighted by Gasteiger charge is -2.17. The number of ether oxygens (including phenoxy) is 1. The van der Waals surface area contributed by atoms with Crippen LogP contribution in [0, 0.1) is 0 Å². The van der Waals surface area contributed by atoms with Gasteiger partial charge in [-0.2, -0.15) is 0 Å². The fraction of sp³-hybridized carbons (Fsp3) is 0.900. The number of nitrogens with two attached hydrogens (primary N) is 1. The third kappa shape index (κ3) is 8.35. The Kier molecular flexibility index (Phi) is 9.46. The van der Waals surface area contributed by atoms with Crippen LogP contribution in [0.25, 0.3) is 0 Å². The van der Waals surface area contributed by atoms with Crippen molar-refractivity contribution >= 4 is 5.91 Å². The molecule has 0 fully saturated rings. The molecule has 5 heteroatoms. The fourth-order valence-electron chi connectivity index (χ4n) is 1.32. The summed E-state index contributed by atoms with van der Waals surface area (Å²) in [5.74, 6) is 0.0532. The Bertz CT molecular complexity index is 165. The average molecular weight is 217 g/mol. The van der Waals surface area contributed by atoms with Crippen LogP contribution in [0.15, 0.2) is 0 Å². The van der Waals surface area contributed by atoms with Gasteiger partial charge in [0.15, 0.2) is 0 Å². The molecule has 0 bridgehead atoms. The summed E-state index contributed by atoms with van der Waals surface area (Å²) in [6, 6.07) is 0.295. The van der Waals surface area contributed by atoms with Crippen molar-refractivity contribution in [1.82, 2.24) is 10.6 Å². The minimum Gasteiger partial charge on any atom is -0.383 e. The second-order valence-corrected chi connectivity index (χ2v) is 3.46. The van der Waals surface area contributed by atoms with Crippen molar-refractivity contribution in [2.45, 2.75) is 25.3 Å². The van der Waals surface area contributed by atoms with Gasteiger partial charge < -0.3 is 21.1 Å². The number of amides is 1. The molecule has 0 aliphatic heterocycles. The number of methoxy groups -OCH3 is 1. The molecule has 15 heavy (non-hydrogen) atoms. The predicted octanol–water partition coefficient (Wildman–Crippen LogP) is -0.534. The molecule has 0 aliphatic rings.